The van der Waals surface area contributed by atoms with Crippen molar-refractivity contribution >= 4 is 17.7 Å². The van der Waals surface area contributed by atoms with Crippen molar-refractivity contribution < 1.29 is 13.6 Å². The minimum atomic E-state index is 0.114. The molecule has 2 atom stereocenters. The van der Waals surface area contributed by atoms with Crippen LogP contribution >= 0.6 is 11.8 Å². The molecule has 1 fully saturated rings. The van der Waals surface area contributed by atoms with Crippen LogP contribution in [0.2, 0.25) is 0 Å². The first-order valence-corrected chi connectivity index (χ1v) is 10.4. The minimum Gasteiger partial charge on any atom is -0.463 e. The van der Waals surface area contributed by atoms with Crippen LogP contribution in [0.1, 0.15) is 33.1 Å². The smallest absolute Gasteiger partial charge is 0.233 e. The third-order valence-corrected chi connectivity index (χ3v) is 5.81. The molecule has 0 aromatic carbocycles. The molecule has 8 heteroatoms. The van der Waals surface area contributed by atoms with E-state index in [1.807, 2.05) is 11.0 Å². The molecular formula is C20H22N4O3S. The van der Waals surface area contributed by atoms with Crippen LogP contribution in [0.5, 0.6) is 0 Å². The lowest BCUT2D eigenvalue weighted by Crippen LogP contribution is -2.48. The second kappa shape index (κ2) is 8.18. The standard InChI is InChI=1S/C20H22N4O3S/c1-13-6-3-7-14(2)24(13)17(25)12-28-20-21-18(15-8-4-10-26-15)19(22-23-20)16-9-5-11-27-16/h4-5,8-11,13-14H,3,6-7,12H2,1-2H3/t13-,14-/m1/s1. The molecule has 0 bridgehead atoms. The Kier molecular flexibility index (Phi) is 5.47. The zero-order valence-corrected chi connectivity index (χ0v) is 16.7. The predicted molar refractivity (Wildman–Crippen MR) is 106 cm³/mol. The Hall–Kier alpha value is -2.61. The van der Waals surface area contributed by atoms with Crippen LogP contribution in [0, 0.1) is 0 Å². The van der Waals surface area contributed by atoms with Crippen LogP contribution < -0.4 is 0 Å². The van der Waals surface area contributed by atoms with E-state index in [0.29, 0.717) is 28.1 Å². The molecule has 1 amide bonds. The summed E-state index contributed by atoms with van der Waals surface area (Å²) in [5, 5.41) is 8.91. The average molecular weight is 398 g/mol. The Morgan fingerprint density at radius 2 is 1.71 bits per heavy atom. The van der Waals surface area contributed by atoms with Crippen molar-refractivity contribution in [3.05, 3.63) is 36.8 Å². The van der Waals surface area contributed by atoms with E-state index in [4.69, 9.17) is 8.83 Å². The van der Waals surface area contributed by atoms with E-state index in [9.17, 15) is 4.79 Å². The zero-order chi connectivity index (χ0) is 19.5. The van der Waals surface area contributed by atoms with E-state index in [2.05, 4.69) is 29.0 Å². The van der Waals surface area contributed by atoms with Crippen LogP contribution in [-0.4, -0.2) is 43.8 Å². The largest absolute Gasteiger partial charge is 0.463 e. The lowest BCUT2D eigenvalue weighted by molar-refractivity contribution is -0.134. The third-order valence-electron chi connectivity index (χ3n) is 4.98. The molecule has 146 valence electrons. The molecular weight excluding hydrogens is 376 g/mol. The molecule has 4 heterocycles. The first-order valence-electron chi connectivity index (χ1n) is 9.40. The highest BCUT2D eigenvalue weighted by Crippen LogP contribution is 2.31. The highest BCUT2D eigenvalue weighted by Gasteiger charge is 2.29. The van der Waals surface area contributed by atoms with Gasteiger partial charge in [0.25, 0.3) is 0 Å². The number of nitrogens with zero attached hydrogens (tertiary/aromatic N) is 4. The quantitative estimate of drug-likeness (QED) is 0.593. The van der Waals surface area contributed by atoms with E-state index >= 15 is 0 Å². The van der Waals surface area contributed by atoms with Crippen molar-refractivity contribution in [3.8, 4) is 22.9 Å². The van der Waals surface area contributed by atoms with Crippen molar-refractivity contribution in [2.75, 3.05) is 5.75 Å². The maximum absolute atomic E-state index is 12.8. The summed E-state index contributed by atoms with van der Waals surface area (Å²) in [6.07, 6.45) is 6.44. The number of piperidine rings is 1. The molecule has 1 aliphatic heterocycles. The van der Waals surface area contributed by atoms with Gasteiger partial charge in [-0.2, -0.15) is 0 Å². The fourth-order valence-electron chi connectivity index (χ4n) is 3.65. The Bertz CT molecular complexity index is 917. The molecule has 0 unspecified atom stereocenters. The maximum Gasteiger partial charge on any atom is 0.233 e. The summed E-state index contributed by atoms with van der Waals surface area (Å²) in [6, 6.07) is 7.73. The van der Waals surface area contributed by atoms with Crippen molar-refractivity contribution in [3.63, 3.8) is 0 Å². The minimum absolute atomic E-state index is 0.114. The van der Waals surface area contributed by atoms with Crippen LogP contribution in [0.15, 0.2) is 50.8 Å². The van der Waals surface area contributed by atoms with Crippen molar-refractivity contribution in [2.45, 2.75) is 50.4 Å². The van der Waals surface area contributed by atoms with Gasteiger partial charge in [-0.15, -0.1) is 10.2 Å². The summed E-state index contributed by atoms with van der Waals surface area (Å²) >= 11 is 1.30. The Morgan fingerprint density at radius 1 is 1.07 bits per heavy atom. The van der Waals surface area contributed by atoms with Gasteiger partial charge in [0.15, 0.2) is 17.2 Å². The number of carbonyl (C=O) groups excluding carboxylic acids is 1. The van der Waals surface area contributed by atoms with Crippen LogP contribution in [0.4, 0.5) is 0 Å². The third kappa shape index (κ3) is 3.82. The summed E-state index contributed by atoms with van der Waals surface area (Å²) in [5.74, 6) is 1.54. The van der Waals surface area contributed by atoms with Crippen LogP contribution in [0.25, 0.3) is 22.9 Å². The number of rotatable bonds is 5. The molecule has 0 aliphatic carbocycles. The van der Waals surface area contributed by atoms with Crippen LogP contribution in [-0.2, 0) is 4.79 Å². The molecule has 0 N–H and O–H groups in total. The van der Waals surface area contributed by atoms with E-state index in [1.54, 1.807) is 30.7 Å². The topological polar surface area (TPSA) is 85.3 Å². The highest BCUT2D eigenvalue weighted by atomic mass is 32.2. The van der Waals surface area contributed by atoms with Crippen molar-refractivity contribution in [2.24, 2.45) is 0 Å². The van der Waals surface area contributed by atoms with E-state index in [-0.39, 0.29) is 23.7 Å². The highest BCUT2D eigenvalue weighted by molar-refractivity contribution is 7.99. The van der Waals surface area contributed by atoms with E-state index < -0.39 is 0 Å². The van der Waals surface area contributed by atoms with Gasteiger partial charge in [-0.1, -0.05) is 11.8 Å². The summed E-state index contributed by atoms with van der Waals surface area (Å²) in [7, 11) is 0. The Morgan fingerprint density at radius 3 is 2.32 bits per heavy atom. The molecule has 4 rings (SSSR count). The maximum atomic E-state index is 12.8. The van der Waals surface area contributed by atoms with E-state index in [1.165, 1.54) is 18.2 Å². The summed E-state index contributed by atoms with van der Waals surface area (Å²) in [4.78, 5) is 19.3. The number of hydrogen-bond acceptors (Lipinski definition) is 7. The van der Waals surface area contributed by atoms with Gasteiger partial charge in [0, 0.05) is 12.1 Å². The molecule has 28 heavy (non-hydrogen) atoms. The Labute approximate surface area is 167 Å². The van der Waals surface area contributed by atoms with Gasteiger partial charge < -0.3 is 13.7 Å². The van der Waals surface area contributed by atoms with Gasteiger partial charge >= 0.3 is 0 Å². The zero-order valence-electron chi connectivity index (χ0n) is 15.9. The number of furan rings is 2. The van der Waals surface area contributed by atoms with Crippen molar-refractivity contribution in [1.82, 2.24) is 20.1 Å². The van der Waals surface area contributed by atoms with E-state index in [0.717, 1.165) is 12.8 Å². The fraction of sp³-hybridized carbons (Fsp3) is 0.400. The number of amides is 1. The first-order chi connectivity index (χ1) is 13.6. The summed E-state index contributed by atoms with van der Waals surface area (Å²) < 4.78 is 11.0. The van der Waals surface area contributed by atoms with Gasteiger partial charge in [-0.3, -0.25) is 4.79 Å². The number of carbonyl (C=O) groups is 1. The van der Waals surface area contributed by atoms with Crippen LogP contribution in [0.3, 0.4) is 0 Å². The lowest BCUT2D eigenvalue weighted by atomic mass is 9.98. The summed E-state index contributed by atoms with van der Waals surface area (Å²) in [5.41, 5.74) is 1.05. The molecule has 0 radical (unpaired) electrons. The van der Waals surface area contributed by atoms with Gasteiger partial charge in [0.05, 0.1) is 18.3 Å². The fourth-order valence-corrected chi connectivity index (χ4v) is 4.31. The summed E-state index contributed by atoms with van der Waals surface area (Å²) in [6.45, 7) is 4.23. The number of likely N-dealkylation sites (tertiary alicyclic amines) is 1. The molecule has 7 nitrogen and oxygen atoms in total. The second-order valence-corrected chi connectivity index (χ2v) is 7.91. The SMILES string of the molecule is C[C@@H]1CCC[C@@H](C)N1C(=O)CSc1nnc(-c2ccco2)c(-c2ccco2)n1. The molecule has 0 spiro atoms. The monoisotopic (exact) mass is 398 g/mol. The van der Waals surface area contributed by atoms with Gasteiger partial charge in [-0.25, -0.2) is 4.98 Å². The molecule has 1 saturated heterocycles. The Balaban J connectivity index is 1.54. The molecule has 3 aromatic heterocycles. The predicted octanol–water partition coefficient (Wildman–Crippen LogP) is 4.27. The average Bonchev–Trinajstić information content (AvgIpc) is 3.40. The molecule has 3 aromatic rings. The van der Waals surface area contributed by atoms with Gasteiger partial charge in [0.2, 0.25) is 11.1 Å². The number of aromatic nitrogens is 3. The first kappa shape index (κ1) is 18.7. The normalized spacial score (nSPS) is 19.7. The van der Waals surface area contributed by atoms with Gasteiger partial charge in [-0.05, 0) is 57.4 Å². The van der Waals surface area contributed by atoms with Crippen molar-refractivity contribution in [1.29, 1.82) is 0 Å². The molecule has 1 aliphatic rings. The number of hydrogen-bond donors (Lipinski definition) is 0. The molecule has 0 saturated carbocycles. The number of thioether (sulfide) groups is 1. The second-order valence-electron chi connectivity index (χ2n) is 6.96. The lowest BCUT2D eigenvalue weighted by Gasteiger charge is -2.39. The van der Waals surface area contributed by atoms with Gasteiger partial charge in [0.1, 0.15) is 5.69 Å².